The normalized spacial score (nSPS) is 14.8. The van der Waals surface area contributed by atoms with Gasteiger partial charge in [0.1, 0.15) is 18.8 Å². The van der Waals surface area contributed by atoms with Gasteiger partial charge >= 0.3 is 12.1 Å². The Balaban J connectivity index is 1.77. The van der Waals surface area contributed by atoms with Crippen LogP contribution in [0.3, 0.4) is 0 Å². The number of nitrogens with zero attached hydrogens (tertiary/aromatic N) is 1. The van der Waals surface area contributed by atoms with Crippen LogP contribution in [-0.4, -0.2) is 28.3 Å². The second-order valence-electron chi connectivity index (χ2n) is 6.88. The molecule has 2 N–H and O–H groups in total. The molecule has 30 heavy (non-hydrogen) atoms. The molecular weight excluding hydrogens is 456 g/mol. The number of nitrogens with one attached hydrogen (secondary N) is 1. The minimum absolute atomic E-state index is 0.0785. The van der Waals surface area contributed by atoms with Crippen molar-refractivity contribution in [3.8, 4) is 5.75 Å². The van der Waals surface area contributed by atoms with Gasteiger partial charge in [0.25, 0.3) is 5.56 Å². The van der Waals surface area contributed by atoms with Crippen LogP contribution < -0.4 is 15.6 Å². The monoisotopic (exact) mass is 472 g/mol. The van der Waals surface area contributed by atoms with Crippen molar-refractivity contribution < 1.29 is 24.2 Å². The highest BCUT2D eigenvalue weighted by Crippen LogP contribution is 2.41. The second kappa shape index (κ2) is 7.83. The molecule has 0 spiro atoms. The molecule has 0 radical (unpaired) electrons. The number of amides is 1. The standard InChI is InChI=1S/C21H17BrN2O6/c1-11-9-29-18-15(22)8-16(23-21(28)30-10-12-5-3-2-4-6-12)13-7-14(20(26)27)19(25)24(11)17(13)18/h2-8,11H,9-10H2,1H3,(H,23,28)(H,26,27)/t11-/m0/s1. The number of carboxylic acid groups (broad SMARTS) is 1. The minimum atomic E-state index is -1.34. The molecule has 154 valence electrons. The lowest BCUT2D eigenvalue weighted by Crippen LogP contribution is -2.34. The van der Waals surface area contributed by atoms with Crippen LogP contribution in [0.2, 0.25) is 0 Å². The molecule has 2 heterocycles. The Bertz CT molecular complexity index is 1220. The van der Waals surface area contributed by atoms with Crippen molar-refractivity contribution in [2.45, 2.75) is 19.6 Å². The Hall–Kier alpha value is -3.33. The van der Waals surface area contributed by atoms with Gasteiger partial charge in [0.15, 0.2) is 5.75 Å². The van der Waals surface area contributed by atoms with Crippen molar-refractivity contribution >= 4 is 44.6 Å². The molecule has 2 aromatic carbocycles. The van der Waals surface area contributed by atoms with E-state index < -0.39 is 17.6 Å². The molecule has 8 nitrogen and oxygen atoms in total. The van der Waals surface area contributed by atoms with E-state index in [9.17, 15) is 19.5 Å². The fourth-order valence-corrected chi connectivity index (χ4v) is 3.95. The highest BCUT2D eigenvalue weighted by atomic mass is 79.9. The summed E-state index contributed by atoms with van der Waals surface area (Å²) in [7, 11) is 0. The quantitative estimate of drug-likeness (QED) is 0.590. The first-order valence-electron chi connectivity index (χ1n) is 9.12. The van der Waals surface area contributed by atoms with Gasteiger partial charge in [-0.15, -0.1) is 0 Å². The maximum atomic E-state index is 12.8. The minimum Gasteiger partial charge on any atom is -0.488 e. The molecule has 0 saturated heterocycles. The first kappa shape index (κ1) is 20.0. The molecule has 3 aromatic rings. The molecule has 0 unspecified atom stereocenters. The summed E-state index contributed by atoms with van der Waals surface area (Å²) in [5.74, 6) is -0.924. The highest BCUT2D eigenvalue weighted by Gasteiger charge is 2.28. The van der Waals surface area contributed by atoms with Gasteiger partial charge in [-0.2, -0.15) is 0 Å². The van der Waals surface area contributed by atoms with Crippen molar-refractivity contribution in [1.82, 2.24) is 4.57 Å². The number of carboxylic acids is 1. The smallest absolute Gasteiger partial charge is 0.411 e. The molecular formula is C21H17BrN2O6. The van der Waals surface area contributed by atoms with E-state index in [-0.39, 0.29) is 24.8 Å². The SMILES string of the molecule is C[C@H]1COc2c(Br)cc(NC(=O)OCc3ccccc3)c3cc(C(=O)O)c(=O)n1c23. The van der Waals surface area contributed by atoms with E-state index >= 15 is 0 Å². The summed E-state index contributed by atoms with van der Waals surface area (Å²) in [6.45, 7) is 2.06. The fourth-order valence-electron chi connectivity index (χ4n) is 3.42. The van der Waals surface area contributed by atoms with Crippen LogP contribution >= 0.6 is 15.9 Å². The number of hydrogen-bond acceptors (Lipinski definition) is 5. The summed E-state index contributed by atoms with van der Waals surface area (Å²) < 4.78 is 12.9. The van der Waals surface area contributed by atoms with Crippen molar-refractivity contribution in [1.29, 1.82) is 0 Å². The average molecular weight is 473 g/mol. The molecule has 1 aromatic heterocycles. The summed E-state index contributed by atoms with van der Waals surface area (Å²) in [5.41, 5.74) is 0.532. The van der Waals surface area contributed by atoms with Gasteiger partial charge in [-0.05, 0) is 40.5 Å². The molecule has 0 bridgehead atoms. The first-order valence-corrected chi connectivity index (χ1v) is 9.91. The summed E-state index contributed by atoms with van der Waals surface area (Å²) >= 11 is 3.41. The molecule has 1 amide bonds. The number of ether oxygens (including phenoxy) is 2. The van der Waals surface area contributed by atoms with Crippen molar-refractivity contribution in [3.05, 3.63) is 68.4 Å². The molecule has 9 heteroatoms. The summed E-state index contributed by atoms with van der Waals surface area (Å²) in [4.78, 5) is 36.8. The number of carbonyl (C=O) groups excluding carboxylic acids is 1. The number of aromatic nitrogens is 1. The van der Waals surface area contributed by atoms with Crippen molar-refractivity contribution in [3.63, 3.8) is 0 Å². The third kappa shape index (κ3) is 3.52. The van der Waals surface area contributed by atoms with E-state index in [4.69, 9.17) is 9.47 Å². The lowest BCUT2D eigenvalue weighted by molar-refractivity contribution is 0.0694. The van der Waals surface area contributed by atoms with Gasteiger partial charge in [0.2, 0.25) is 0 Å². The van der Waals surface area contributed by atoms with Gasteiger partial charge in [0.05, 0.1) is 21.7 Å². The van der Waals surface area contributed by atoms with Gasteiger partial charge in [-0.25, -0.2) is 9.59 Å². The van der Waals surface area contributed by atoms with Crippen LogP contribution in [0.1, 0.15) is 28.9 Å². The Labute approximate surface area is 179 Å². The molecule has 1 atom stereocenters. The molecule has 1 aliphatic rings. The number of hydrogen-bond donors (Lipinski definition) is 2. The van der Waals surface area contributed by atoms with Gasteiger partial charge in [-0.1, -0.05) is 30.3 Å². The summed E-state index contributed by atoms with van der Waals surface area (Å²) in [6.07, 6.45) is -0.708. The van der Waals surface area contributed by atoms with E-state index in [1.165, 1.54) is 10.6 Å². The average Bonchev–Trinajstić information content (AvgIpc) is 2.72. The van der Waals surface area contributed by atoms with Crippen LogP contribution in [0.5, 0.6) is 5.75 Å². The molecule has 1 aliphatic heterocycles. The van der Waals surface area contributed by atoms with E-state index in [0.29, 0.717) is 26.8 Å². The van der Waals surface area contributed by atoms with E-state index in [1.54, 1.807) is 13.0 Å². The number of pyridine rings is 1. The van der Waals surface area contributed by atoms with E-state index in [2.05, 4.69) is 21.2 Å². The molecule has 4 rings (SSSR count). The van der Waals surface area contributed by atoms with E-state index in [1.807, 2.05) is 30.3 Å². The van der Waals surface area contributed by atoms with E-state index in [0.717, 1.165) is 5.56 Å². The molecule has 0 aliphatic carbocycles. The topological polar surface area (TPSA) is 107 Å². The number of rotatable bonds is 4. The van der Waals surface area contributed by atoms with Gasteiger partial charge < -0.3 is 14.6 Å². The predicted octanol–water partition coefficient (Wildman–Crippen LogP) is 4.16. The zero-order chi connectivity index (χ0) is 21.4. The third-order valence-corrected chi connectivity index (χ3v) is 5.41. The lowest BCUT2D eigenvalue weighted by atomic mass is 10.1. The Morgan fingerprint density at radius 1 is 1.30 bits per heavy atom. The first-order chi connectivity index (χ1) is 14.4. The summed E-state index contributed by atoms with van der Waals surface area (Å²) in [6, 6.07) is 11.7. The Kier molecular flexibility index (Phi) is 5.21. The van der Waals surface area contributed by atoms with Gasteiger partial charge in [0, 0.05) is 5.39 Å². The number of anilines is 1. The van der Waals surface area contributed by atoms with Crippen LogP contribution in [0.15, 0.2) is 51.7 Å². The van der Waals surface area contributed by atoms with Crippen LogP contribution in [0.25, 0.3) is 10.9 Å². The van der Waals surface area contributed by atoms with Crippen LogP contribution in [0.4, 0.5) is 10.5 Å². The number of aromatic carboxylic acids is 1. The molecule has 0 saturated carbocycles. The number of benzene rings is 2. The maximum absolute atomic E-state index is 12.8. The number of carbonyl (C=O) groups is 2. The largest absolute Gasteiger partial charge is 0.488 e. The fraction of sp³-hybridized carbons (Fsp3) is 0.190. The van der Waals surface area contributed by atoms with Crippen molar-refractivity contribution in [2.24, 2.45) is 0 Å². The second-order valence-corrected chi connectivity index (χ2v) is 7.74. The maximum Gasteiger partial charge on any atom is 0.411 e. The van der Waals surface area contributed by atoms with Crippen molar-refractivity contribution in [2.75, 3.05) is 11.9 Å². The zero-order valence-corrected chi connectivity index (χ0v) is 17.4. The number of halogens is 1. The zero-order valence-electron chi connectivity index (χ0n) is 15.8. The van der Waals surface area contributed by atoms with Gasteiger partial charge in [-0.3, -0.25) is 14.7 Å². The third-order valence-electron chi connectivity index (χ3n) is 4.82. The molecule has 0 fully saturated rings. The highest BCUT2D eigenvalue weighted by molar-refractivity contribution is 9.10. The van der Waals surface area contributed by atoms with Crippen LogP contribution in [0, 0.1) is 0 Å². The Morgan fingerprint density at radius 3 is 2.73 bits per heavy atom. The summed E-state index contributed by atoms with van der Waals surface area (Å²) in [5, 5.41) is 12.5. The Morgan fingerprint density at radius 2 is 2.03 bits per heavy atom. The predicted molar refractivity (Wildman–Crippen MR) is 113 cm³/mol. The van der Waals surface area contributed by atoms with Crippen LogP contribution in [-0.2, 0) is 11.3 Å². The lowest BCUT2D eigenvalue weighted by Gasteiger charge is -2.28.